The summed E-state index contributed by atoms with van der Waals surface area (Å²) in [5, 5.41) is 6.27. The molecule has 3 heterocycles. The van der Waals surface area contributed by atoms with Crippen LogP contribution in [-0.4, -0.2) is 52.1 Å². The number of alkyl halides is 3. The van der Waals surface area contributed by atoms with Crippen molar-refractivity contribution in [2.75, 3.05) is 10.0 Å². The van der Waals surface area contributed by atoms with Crippen molar-refractivity contribution in [2.24, 2.45) is 0 Å². The first-order valence-corrected chi connectivity index (χ1v) is 16.2. The molecule has 16 heteroatoms. The van der Waals surface area contributed by atoms with E-state index in [4.69, 9.17) is 4.74 Å². The summed E-state index contributed by atoms with van der Waals surface area (Å²) in [6.07, 6.45) is 0.647. The number of sulfonamides is 1. The molecule has 0 radical (unpaired) electrons. The van der Waals surface area contributed by atoms with Crippen molar-refractivity contribution in [3.63, 3.8) is 0 Å². The molecule has 0 spiro atoms. The Morgan fingerprint density at radius 2 is 1.68 bits per heavy atom. The molecule has 3 aromatic heterocycles. The number of alkyl carbamates (subject to hydrolysis) is 1. The van der Waals surface area contributed by atoms with Gasteiger partial charge in [0.25, 0.3) is 10.0 Å². The van der Waals surface area contributed by atoms with Crippen molar-refractivity contribution in [2.45, 2.75) is 82.1 Å². The smallest absolute Gasteiger partial charge is 0.417 e. The third-order valence-electron chi connectivity index (χ3n) is 7.41. The molecule has 0 saturated heterocycles. The topological polar surface area (TPSA) is 148 Å². The van der Waals surface area contributed by atoms with Crippen LogP contribution in [0.5, 0.6) is 0 Å². The number of anilines is 2. The van der Waals surface area contributed by atoms with Crippen LogP contribution in [0.2, 0.25) is 0 Å². The normalized spacial score (nSPS) is 17.3. The lowest BCUT2D eigenvalue weighted by Gasteiger charge is -2.30. The monoisotopic (exact) mass is 675 g/mol. The van der Waals surface area contributed by atoms with Crippen molar-refractivity contribution >= 4 is 38.8 Å². The Hall–Kier alpha value is -4.60. The Morgan fingerprint density at radius 1 is 0.979 bits per heavy atom. The highest BCUT2D eigenvalue weighted by molar-refractivity contribution is 7.92. The van der Waals surface area contributed by atoms with E-state index in [9.17, 15) is 26.4 Å². The number of hydrogen-bond acceptors (Lipinski definition) is 9. The van der Waals surface area contributed by atoms with Crippen molar-refractivity contribution in [3.05, 3.63) is 65.9 Å². The molecule has 250 valence electrons. The summed E-state index contributed by atoms with van der Waals surface area (Å²) in [6, 6.07) is 5.88. The van der Waals surface area contributed by atoms with Crippen molar-refractivity contribution in [1.82, 2.24) is 25.3 Å². The molecule has 1 aromatic carbocycles. The van der Waals surface area contributed by atoms with Gasteiger partial charge in [0.1, 0.15) is 21.8 Å². The molecule has 11 nitrogen and oxygen atoms in total. The molecular formula is C31H33F4N7O4S. The second-order valence-electron chi connectivity index (χ2n) is 12.3. The van der Waals surface area contributed by atoms with E-state index in [-0.39, 0.29) is 12.1 Å². The summed E-state index contributed by atoms with van der Waals surface area (Å²) in [5.41, 5.74) is -0.134. The number of pyridine rings is 2. The Labute approximate surface area is 268 Å². The number of carbonyl (C=O) groups is 1. The molecule has 1 aliphatic rings. The minimum Gasteiger partial charge on any atom is -0.444 e. The van der Waals surface area contributed by atoms with Crippen LogP contribution in [-0.2, 0) is 20.9 Å². The first-order chi connectivity index (χ1) is 22.0. The number of amides is 1. The fourth-order valence-corrected chi connectivity index (χ4v) is 6.46. The van der Waals surface area contributed by atoms with E-state index < -0.39 is 49.9 Å². The highest BCUT2D eigenvalue weighted by atomic mass is 32.2. The van der Waals surface area contributed by atoms with Crippen LogP contribution in [0.25, 0.3) is 22.3 Å². The van der Waals surface area contributed by atoms with Gasteiger partial charge in [-0.05, 0) is 83.2 Å². The van der Waals surface area contributed by atoms with Crippen LogP contribution in [0.1, 0.15) is 57.6 Å². The van der Waals surface area contributed by atoms with Gasteiger partial charge in [0.15, 0.2) is 0 Å². The Morgan fingerprint density at radius 3 is 2.34 bits per heavy atom. The third-order valence-corrected chi connectivity index (χ3v) is 8.80. The zero-order valence-corrected chi connectivity index (χ0v) is 26.8. The maximum Gasteiger partial charge on any atom is 0.417 e. The van der Waals surface area contributed by atoms with Gasteiger partial charge in [0.05, 0.1) is 28.7 Å². The standard InChI is InChI=1S/C31H33F4N7O4S/c1-17-13-24(18-5-10-23(22(32)14-18)42-47(44,45)26-16-36-12-11-21(26)31(33,34)35)40-25-15-37-28(41-27(17)25)38-19-6-8-20(9-7-19)39-29(43)46-30(2,3)4/h5,10-16,19-20,42H,6-9H2,1-4H3,(H,39,43)(H,37,38,41)/t19-,20-. The van der Waals surface area contributed by atoms with E-state index in [1.165, 1.54) is 6.07 Å². The number of benzene rings is 1. The predicted molar refractivity (Wildman–Crippen MR) is 167 cm³/mol. The summed E-state index contributed by atoms with van der Waals surface area (Å²) in [6.45, 7) is 7.25. The molecule has 0 aliphatic heterocycles. The summed E-state index contributed by atoms with van der Waals surface area (Å²) in [7, 11) is -4.82. The fourth-order valence-electron chi connectivity index (χ4n) is 5.22. The lowest BCUT2D eigenvalue weighted by Crippen LogP contribution is -2.42. The predicted octanol–water partition coefficient (Wildman–Crippen LogP) is 6.60. The van der Waals surface area contributed by atoms with Crippen LogP contribution in [0.15, 0.2) is 53.8 Å². The summed E-state index contributed by atoms with van der Waals surface area (Å²) >= 11 is 0. The van der Waals surface area contributed by atoms with Crippen molar-refractivity contribution in [1.29, 1.82) is 0 Å². The van der Waals surface area contributed by atoms with Crippen LogP contribution >= 0.6 is 0 Å². The zero-order valence-electron chi connectivity index (χ0n) is 25.9. The van der Waals surface area contributed by atoms with Crippen molar-refractivity contribution in [3.8, 4) is 11.3 Å². The molecule has 5 rings (SSSR count). The number of halogens is 4. The molecule has 1 amide bonds. The number of nitrogens with zero attached hydrogens (tertiary/aromatic N) is 4. The number of ether oxygens (including phenoxy) is 1. The third kappa shape index (κ3) is 8.22. The van der Waals surface area contributed by atoms with Gasteiger partial charge in [-0.15, -0.1) is 0 Å². The van der Waals surface area contributed by atoms with E-state index in [1.54, 1.807) is 12.3 Å². The minimum atomic E-state index is -4.96. The molecule has 4 aromatic rings. The van der Waals surface area contributed by atoms with Crippen molar-refractivity contribution < 1.29 is 35.5 Å². The van der Waals surface area contributed by atoms with Crippen LogP contribution < -0.4 is 15.4 Å². The van der Waals surface area contributed by atoms with Crippen LogP contribution in [0.4, 0.5) is 34.0 Å². The molecule has 0 atom stereocenters. The molecule has 0 unspecified atom stereocenters. The Balaban J connectivity index is 1.27. The summed E-state index contributed by atoms with van der Waals surface area (Å²) in [4.78, 5) is 28.0. The average molecular weight is 676 g/mol. The molecule has 1 fully saturated rings. The highest BCUT2D eigenvalue weighted by Crippen LogP contribution is 2.35. The lowest BCUT2D eigenvalue weighted by atomic mass is 9.91. The van der Waals surface area contributed by atoms with Gasteiger partial charge in [0, 0.05) is 30.0 Å². The number of rotatable bonds is 7. The maximum absolute atomic E-state index is 15.1. The summed E-state index contributed by atoms with van der Waals surface area (Å²) < 4.78 is 87.9. The Kier molecular flexibility index (Phi) is 9.26. The average Bonchev–Trinajstić information content (AvgIpc) is 2.98. The van der Waals surface area contributed by atoms with Crippen LogP contribution in [0.3, 0.4) is 0 Å². The van der Waals surface area contributed by atoms with Gasteiger partial charge in [-0.3, -0.25) is 9.71 Å². The van der Waals surface area contributed by atoms with Gasteiger partial charge in [0.2, 0.25) is 5.95 Å². The largest absolute Gasteiger partial charge is 0.444 e. The molecule has 0 bridgehead atoms. The summed E-state index contributed by atoms with van der Waals surface area (Å²) in [5.74, 6) is -0.599. The van der Waals surface area contributed by atoms with Gasteiger partial charge < -0.3 is 15.4 Å². The highest BCUT2D eigenvalue weighted by Gasteiger charge is 2.37. The second-order valence-corrected chi connectivity index (χ2v) is 13.9. The first-order valence-electron chi connectivity index (χ1n) is 14.7. The number of fused-ring (bicyclic) bond motifs is 1. The van der Waals surface area contributed by atoms with E-state index in [0.29, 0.717) is 40.5 Å². The number of hydrogen-bond donors (Lipinski definition) is 3. The van der Waals surface area contributed by atoms with E-state index in [0.717, 1.165) is 49.6 Å². The van der Waals surface area contributed by atoms with E-state index >= 15 is 4.39 Å². The van der Waals surface area contributed by atoms with Gasteiger partial charge in [-0.2, -0.15) is 13.2 Å². The lowest BCUT2D eigenvalue weighted by molar-refractivity contribution is -0.140. The molecule has 1 aliphatic carbocycles. The molecular weight excluding hydrogens is 642 g/mol. The minimum absolute atomic E-state index is 0.0211. The maximum atomic E-state index is 15.1. The number of aromatic nitrogens is 4. The van der Waals surface area contributed by atoms with Gasteiger partial charge >= 0.3 is 12.3 Å². The number of nitrogens with one attached hydrogen (secondary N) is 3. The second kappa shape index (κ2) is 12.9. The Bertz CT molecular complexity index is 1910. The molecule has 1 saturated carbocycles. The number of aryl methyl sites for hydroxylation is 1. The number of carbonyl (C=O) groups excluding carboxylic acids is 1. The van der Waals surface area contributed by atoms with E-state index in [2.05, 4.69) is 30.6 Å². The molecule has 3 N–H and O–H groups in total. The van der Waals surface area contributed by atoms with Crippen LogP contribution in [0, 0.1) is 12.7 Å². The van der Waals surface area contributed by atoms with E-state index in [1.807, 2.05) is 32.4 Å². The first kappa shape index (κ1) is 33.8. The zero-order chi connectivity index (χ0) is 34.1. The molecule has 47 heavy (non-hydrogen) atoms. The fraction of sp³-hybridized carbons (Fsp3) is 0.387. The quantitative estimate of drug-likeness (QED) is 0.184. The van der Waals surface area contributed by atoms with Gasteiger partial charge in [-0.1, -0.05) is 6.07 Å². The van der Waals surface area contributed by atoms with Gasteiger partial charge in [-0.25, -0.2) is 32.6 Å². The SMILES string of the molecule is Cc1cc(-c2ccc(NS(=O)(=O)c3cnccc3C(F)(F)F)c(F)c2)nc2cnc(N[C@H]3CC[C@H](NC(=O)OC(C)(C)C)CC3)nc12.